The Morgan fingerprint density at radius 3 is 2.62 bits per heavy atom. The van der Waals surface area contributed by atoms with Gasteiger partial charge in [0.05, 0.1) is 0 Å². The lowest BCUT2D eigenvalue weighted by atomic mass is 9.92. The quantitative estimate of drug-likeness (QED) is 0.825. The van der Waals surface area contributed by atoms with Crippen LogP contribution in [0, 0.1) is 0 Å². The molecule has 1 aliphatic rings. The standard InChI is InChI=1S/C14H22N2/c1-3-11-4-6-12(7-5-11)14-10-13(15)8-9-16(14)2/h4-7,13-14H,3,8-10,15H2,1-2H3. The van der Waals surface area contributed by atoms with E-state index in [1.54, 1.807) is 0 Å². The molecule has 1 aromatic rings. The van der Waals surface area contributed by atoms with Crippen LogP contribution in [0.2, 0.25) is 0 Å². The fourth-order valence-corrected chi connectivity index (χ4v) is 2.48. The van der Waals surface area contributed by atoms with E-state index in [1.807, 2.05) is 0 Å². The van der Waals surface area contributed by atoms with Gasteiger partial charge in [-0.2, -0.15) is 0 Å². The molecule has 0 amide bonds. The highest BCUT2D eigenvalue weighted by atomic mass is 15.1. The molecule has 2 unspecified atom stereocenters. The van der Waals surface area contributed by atoms with Crippen molar-refractivity contribution in [3.05, 3.63) is 35.4 Å². The van der Waals surface area contributed by atoms with Crippen LogP contribution in [0.3, 0.4) is 0 Å². The summed E-state index contributed by atoms with van der Waals surface area (Å²) in [4.78, 5) is 2.42. The summed E-state index contributed by atoms with van der Waals surface area (Å²) in [6.45, 7) is 3.30. The van der Waals surface area contributed by atoms with Gasteiger partial charge in [0.15, 0.2) is 0 Å². The molecular formula is C14H22N2. The van der Waals surface area contributed by atoms with Crippen LogP contribution in [0.15, 0.2) is 24.3 Å². The van der Waals surface area contributed by atoms with E-state index in [9.17, 15) is 0 Å². The fraction of sp³-hybridized carbons (Fsp3) is 0.571. The molecule has 2 N–H and O–H groups in total. The Labute approximate surface area is 98.4 Å². The van der Waals surface area contributed by atoms with E-state index < -0.39 is 0 Å². The maximum atomic E-state index is 6.05. The van der Waals surface area contributed by atoms with Crippen LogP contribution < -0.4 is 5.73 Å². The van der Waals surface area contributed by atoms with E-state index in [0.717, 1.165) is 25.8 Å². The molecule has 0 saturated carbocycles. The molecule has 0 aromatic heterocycles. The van der Waals surface area contributed by atoms with Crippen molar-refractivity contribution >= 4 is 0 Å². The fourth-order valence-electron chi connectivity index (χ4n) is 2.48. The summed E-state index contributed by atoms with van der Waals surface area (Å²) >= 11 is 0. The zero-order valence-corrected chi connectivity index (χ0v) is 10.3. The van der Waals surface area contributed by atoms with Gasteiger partial charge in [-0.15, -0.1) is 0 Å². The highest BCUT2D eigenvalue weighted by Gasteiger charge is 2.24. The molecule has 1 saturated heterocycles. The maximum absolute atomic E-state index is 6.05. The lowest BCUT2D eigenvalue weighted by Crippen LogP contribution is -2.39. The molecule has 2 nitrogen and oxygen atoms in total. The second-order valence-electron chi connectivity index (χ2n) is 4.88. The molecule has 0 aliphatic carbocycles. The average molecular weight is 218 g/mol. The summed E-state index contributed by atoms with van der Waals surface area (Å²) in [6, 6.07) is 9.88. The highest BCUT2D eigenvalue weighted by Crippen LogP contribution is 2.29. The highest BCUT2D eigenvalue weighted by molar-refractivity contribution is 5.25. The van der Waals surface area contributed by atoms with Crippen molar-refractivity contribution in [1.82, 2.24) is 4.90 Å². The summed E-state index contributed by atoms with van der Waals surface area (Å²) < 4.78 is 0. The molecule has 2 atom stereocenters. The molecule has 0 spiro atoms. The Bertz CT molecular complexity index is 331. The molecule has 0 bridgehead atoms. The van der Waals surface area contributed by atoms with E-state index in [0.29, 0.717) is 12.1 Å². The number of piperidine rings is 1. The molecule has 88 valence electrons. The van der Waals surface area contributed by atoms with Gasteiger partial charge in [-0.25, -0.2) is 0 Å². The molecule has 1 aromatic carbocycles. The normalized spacial score (nSPS) is 26.9. The Balaban J connectivity index is 2.15. The number of nitrogens with zero attached hydrogens (tertiary/aromatic N) is 1. The third-order valence-corrected chi connectivity index (χ3v) is 3.68. The molecule has 1 fully saturated rings. The first-order chi connectivity index (χ1) is 7.70. The molecule has 0 radical (unpaired) electrons. The number of benzene rings is 1. The van der Waals surface area contributed by atoms with E-state index in [1.165, 1.54) is 11.1 Å². The summed E-state index contributed by atoms with van der Waals surface area (Å²) in [5, 5.41) is 0. The topological polar surface area (TPSA) is 29.3 Å². The third kappa shape index (κ3) is 2.45. The maximum Gasteiger partial charge on any atom is 0.0359 e. The van der Waals surface area contributed by atoms with Gasteiger partial charge in [0, 0.05) is 12.1 Å². The van der Waals surface area contributed by atoms with Gasteiger partial charge in [0.25, 0.3) is 0 Å². The largest absolute Gasteiger partial charge is 0.328 e. The molecular weight excluding hydrogens is 196 g/mol. The predicted octanol–water partition coefficient (Wildman–Crippen LogP) is 2.34. The first-order valence-corrected chi connectivity index (χ1v) is 6.25. The number of aryl methyl sites for hydroxylation is 1. The number of nitrogens with two attached hydrogens (primary N) is 1. The van der Waals surface area contributed by atoms with Crippen LogP contribution in [0.5, 0.6) is 0 Å². The van der Waals surface area contributed by atoms with Crippen molar-refractivity contribution in [1.29, 1.82) is 0 Å². The monoisotopic (exact) mass is 218 g/mol. The summed E-state index contributed by atoms with van der Waals surface area (Å²) in [7, 11) is 2.20. The number of likely N-dealkylation sites (tertiary alicyclic amines) is 1. The second kappa shape index (κ2) is 4.98. The van der Waals surface area contributed by atoms with Gasteiger partial charge >= 0.3 is 0 Å². The lowest BCUT2D eigenvalue weighted by Gasteiger charge is -2.36. The summed E-state index contributed by atoms with van der Waals surface area (Å²) in [5.41, 5.74) is 8.87. The van der Waals surface area contributed by atoms with E-state index >= 15 is 0 Å². The SMILES string of the molecule is CCc1ccc(C2CC(N)CCN2C)cc1. The number of hydrogen-bond acceptors (Lipinski definition) is 2. The van der Waals surface area contributed by atoms with Crippen LogP contribution in [0.25, 0.3) is 0 Å². The summed E-state index contributed by atoms with van der Waals surface area (Å²) in [6.07, 6.45) is 3.32. The summed E-state index contributed by atoms with van der Waals surface area (Å²) in [5.74, 6) is 0. The predicted molar refractivity (Wildman–Crippen MR) is 68.4 cm³/mol. The third-order valence-electron chi connectivity index (χ3n) is 3.68. The van der Waals surface area contributed by atoms with Crippen molar-refractivity contribution in [2.75, 3.05) is 13.6 Å². The van der Waals surface area contributed by atoms with Gasteiger partial charge in [-0.3, -0.25) is 4.90 Å². The molecule has 1 heterocycles. The molecule has 2 rings (SSSR count). The molecule has 1 aliphatic heterocycles. The van der Waals surface area contributed by atoms with Crippen LogP contribution in [-0.2, 0) is 6.42 Å². The second-order valence-corrected chi connectivity index (χ2v) is 4.88. The number of hydrogen-bond donors (Lipinski definition) is 1. The molecule has 2 heteroatoms. The van der Waals surface area contributed by atoms with Gasteiger partial charge in [0.1, 0.15) is 0 Å². The average Bonchev–Trinajstić information content (AvgIpc) is 2.32. The van der Waals surface area contributed by atoms with Crippen molar-refractivity contribution < 1.29 is 0 Å². The first-order valence-electron chi connectivity index (χ1n) is 6.25. The first kappa shape index (κ1) is 11.6. The van der Waals surface area contributed by atoms with Gasteiger partial charge in [0.2, 0.25) is 0 Å². The van der Waals surface area contributed by atoms with Crippen molar-refractivity contribution in [3.8, 4) is 0 Å². The van der Waals surface area contributed by atoms with E-state index in [2.05, 4.69) is 43.1 Å². The Kier molecular flexibility index (Phi) is 3.62. The van der Waals surface area contributed by atoms with Crippen molar-refractivity contribution in [3.63, 3.8) is 0 Å². The van der Waals surface area contributed by atoms with Crippen LogP contribution >= 0.6 is 0 Å². The van der Waals surface area contributed by atoms with E-state index in [-0.39, 0.29) is 0 Å². The van der Waals surface area contributed by atoms with Gasteiger partial charge in [-0.1, -0.05) is 31.2 Å². The van der Waals surface area contributed by atoms with Crippen LogP contribution in [0.1, 0.15) is 36.9 Å². The zero-order chi connectivity index (χ0) is 11.5. The smallest absolute Gasteiger partial charge is 0.0359 e. The van der Waals surface area contributed by atoms with Gasteiger partial charge in [-0.05, 0) is 44.0 Å². The Hall–Kier alpha value is -0.860. The van der Waals surface area contributed by atoms with Crippen molar-refractivity contribution in [2.24, 2.45) is 5.73 Å². The molecule has 16 heavy (non-hydrogen) atoms. The minimum absolute atomic E-state index is 0.368. The van der Waals surface area contributed by atoms with Gasteiger partial charge < -0.3 is 5.73 Å². The number of rotatable bonds is 2. The Morgan fingerprint density at radius 2 is 2.00 bits per heavy atom. The minimum atomic E-state index is 0.368. The van der Waals surface area contributed by atoms with Crippen LogP contribution in [0.4, 0.5) is 0 Å². The minimum Gasteiger partial charge on any atom is -0.328 e. The van der Waals surface area contributed by atoms with Crippen LogP contribution in [-0.4, -0.2) is 24.5 Å². The lowest BCUT2D eigenvalue weighted by molar-refractivity contribution is 0.171. The van der Waals surface area contributed by atoms with Crippen molar-refractivity contribution in [2.45, 2.75) is 38.3 Å². The Morgan fingerprint density at radius 1 is 1.31 bits per heavy atom. The zero-order valence-electron chi connectivity index (χ0n) is 10.3. The van der Waals surface area contributed by atoms with E-state index in [4.69, 9.17) is 5.73 Å².